The first-order valence-corrected chi connectivity index (χ1v) is 20.9. The van der Waals surface area contributed by atoms with Crippen molar-refractivity contribution in [3.8, 4) is 0 Å². The monoisotopic (exact) mass is 735 g/mol. The molecule has 0 aromatic carbocycles. The molecule has 5 unspecified atom stereocenters. The van der Waals surface area contributed by atoms with Gasteiger partial charge in [0.25, 0.3) is 0 Å². The zero-order chi connectivity index (χ0) is 37.1. The van der Waals surface area contributed by atoms with Crippen molar-refractivity contribution in [2.24, 2.45) is 0 Å². The van der Waals surface area contributed by atoms with E-state index in [2.05, 4.69) is 48.5 Å². The molecule has 0 amide bonds. The van der Waals surface area contributed by atoms with Crippen molar-refractivity contribution in [1.29, 1.82) is 0 Å². The van der Waals surface area contributed by atoms with Crippen LogP contribution in [-0.2, 0) is 47.4 Å². The molecule has 11 heteroatoms. The maximum absolute atomic E-state index is 11.3. The van der Waals surface area contributed by atoms with Crippen LogP contribution in [0.3, 0.4) is 0 Å². The molecule has 2 rings (SSSR count). The Kier molecular flexibility index (Phi) is 27.4. The van der Waals surface area contributed by atoms with Crippen LogP contribution in [0.25, 0.3) is 0 Å². The summed E-state index contributed by atoms with van der Waals surface area (Å²) in [6.45, 7) is 19.4. The molecule has 51 heavy (non-hydrogen) atoms. The van der Waals surface area contributed by atoms with Gasteiger partial charge in [-0.25, -0.2) is 0 Å². The van der Waals surface area contributed by atoms with Crippen LogP contribution in [0.5, 0.6) is 0 Å². The Bertz CT molecular complexity index is 792. The second-order valence-corrected chi connectivity index (χ2v) is 14.0. The molecule has 1 N–H and O–H groups in total. The first kappa shape index (κ1) is 46.7. The molecule has 2 heterocycles. The highest BCUT2D eigenvalue weighted by atomic mass is 16.7. The molecule has 11 nitrogen and oxygen atoms in total. The lowest BCUT2D eigenvalue weighted by atomic mass is 9.97. The smallest absolute Gasteiger partial charge is 0.187 e. The van der Waals surface area contributed by atoms with E-state index >= 15 is 0 Å². The highest BCUT2D eigenvalue weighted by molar-refractivity contribution is 4.95. The third kappa shape index (κ3) is 17.3. The van der Waals surface area contributed by atoms with Crippen molar-refractivity contribution in [1.82, 2.24) is 0 Å². The zero-order valence-corrected chi connectivity index (χ0v) is 33.6. The molecule has 2 saturated heterocycles. The number of aliphatic hydroxyl groups is 1. The van der Waals surface area contributed by atoms with Crippen LogP contribution in [0.4, 0.5) is 0 Å². The first-order valence-electron chi connectivity index (χ1n) is 20.9. The van der Waals surface area contributed by atoms with Gasteiger partial charge in [0.2, 0.25) is 0 Å². The number of rotatable bonds is 32. The van der Waals surface area contributed by atoms with Gasteiger partial charge in [-0.15, -0.1) is 0 Å². The Labute approximate surface area is 311 Å². The van der Waals surface area contributed by atoms with E-state index in [1.807, 2.05) is 0 Å². The van der Waals surface area contributed by atoms with Crippen LogP contribution < -0.4 is 0 Å². The Morgan fingerprint density at radius 3 is 1.18 bits per heavy atom. The molecule has 2 aliphatic heterocycles. The van der Waals surface area contributed by atoms with Gasteiger partial charge in [-0.3, -0.25) is 0 Å². The van der Waals surface area contributed by atoms with Crippen molar-refractivity contribution in [2.45, 2.75) is 200 Å². The van der Waals surface area contributed by atoms with Crippen molar-refractivity contribution in [2.75, 3.05) is 59.5 Å². The third-order valence-corrected chi connectivity index (χ3v) is 9.40. The van der Waals surface area contributed by atoms with E-state index in [1.165, 1.54) is 0 Å². The summed E-state index contributed by atoms with van der Waals surface area (Å²) < 4.78 is 64.7. The molecule has 2 fully saturated rings. The minimum absolute atomic E-state index is 0.0912. The molecule has 0 aromatic heterocycles. The van der Waals surface area contributed by atoms with Gasteiger partial charge in [-0.1, -0.05) is 93.4 Å². The summed E-state index contributed by atoms with van der Waals surface area (Å²) in [5.74, 6) is 0. The van der Waals surface area contributed by atoms with Crippen LogP contribution in [0.1, 0.15) is 138 Å². The van der Waals surface area contributed by atoms with Gasteiger partial charge in [-0.05, 0) is 44.9 Å². The van der Waals surface area contributed by atoms with Gasteiger partial charge in [-0.2, -0.15) is 0 Å². The predicted octanol–water partition coefficient (Wildman–Crippen LogP) is 7.37. The fourth-order valence-corrected chi connectivity index (χ4v) is 6.13. The second-order valence-electron chi connectivity index (χ2n) is 14.0. The fourth-order valence-electron chi connectivity index (χ4n) is 6.13. The molecule has 0 radical (unpaired) electrons. The van der Waals surface area contributed by atoms with E-state index in [4.69, 9.17) is 47.4 Å². The fraction of sp³-hybridized carbons (Fsp3) is 1.00. The Morgan fingerprint density at radius 1 is 0.373 bits per heavy atom. The average molecular weight is 735 g/mol. The van der Waals surface area contributed by atoms with E-state index in [0.717, 1.165) is 89.9 Å². The highest BCUT2D eigenvalue weighted by Crippen LogP contribution is 2.33. The average Bonchev–Trinajstić information content (AvgIpc) is 3.13. The Morgan fingerprint density at radius 2 is 0.725 bits per heavy atom. The van der Waals surface area contributed by atoms with E-state index in [-0.39, 0.29) is 12.7 Å². The molecule has 0 bridgehead atoms. The van der Waals surface area contributed by atoms with Crippen molar-refractivity contribution >= 4 is 0 Å². The molecule has 10 atom stereocenters. The SMILES string of the molecule is CCCCOCC1O[C@H](OCC2O[C@H](O)C(OCCCC)[C@@H](OCCCC)[C@@H]2OCCCC)C(OCCCC)C(OCCCC)[C@@H]1OCCCC. The summed E-state index contributed by atoms with van der Waals surface area (Å²) in [5, 5.41) is 11.3. The molecule has 0 saturated carbocycles. The van der Waals surface area contributed by atoms with E-state index < -0.39 is 55.3 Å². The van der Waals surface area contributed by atoms with E-state index in [1.54, 1.807) is 0 Å². The molecular weight excluding hydrogens is 656 g/mol. The molecule has 304 valence electrons. The Hall–Kier alpha value is -0.440. The minimum atomic E-state index is -1.20. The molecule has 2 aliphatic rings. The topological polar surface area (TPSA) is 113 Å². The van der Waals surface area contributed by atoms with Crippen LogP contribution in [0, 0.1) is 0 Å². The number of aliphatic hydroxyl groups excluding tert-OH is 1. The van der Waals surface area contributed by atoms with Gasteiger partial charge in [0, 0.05) is 46.2 Å². The maximum Gasteiger partial charge on any atom is 0.187 e. The molecule has 0 aromatic rings. The summed E-state index contributed by atoms with van der Waals surface area (Å²) in [6.07, 6.45) is 7.39. The van der Waals surface area contributed by atoms with Gasteiger partial charge in [0.15, 0.2) is 12.6 Å². The summed E-state index contributed by atoms with van der Waals surface area (Å²) in [6, 6.07) is 0. The lowest BCUT2D eigenvalue weighted by Crippen LogP contribution is -2.64. The largest absolute Gasteiger partial charge is 0.379 e. The third-order valence-electron chi connectivity index (χ3n) is 9.40. The summed E-state index contributed by atoms with van der Waals surface area (Å²) >= 11 is 0. The summed E-state index contributed by atoms with van der Waals surface area (Å²) in [4.78, 5) is 0. The second kappa shape index (κ2) is 29.9. The number of hydrogen-bond donors (Lipinski definition) is 1. The summed E-state index contributed by atoms with van der Waals surface area (Å²) in [5.41, 5.74) is 0. The predicted molar refractivity (Wildman–Crippen MR) is 199 cm³/mol. The van der Waals surface area contributed by atoms with E-state index in [0.29, 0.717) is 52.9 Å². The number of ether oxygens (including phenoxy) is 10. The zero-order valence-electron chi connectivity index (χ0n) is 33.6. The van der Waals surface area contributed by atoms with Crippen LogP contribution in [0.2, 0.25) is 0 Å². The Balaban J connectivity index is 2.41. The minimum Gasteiger partial charge on any atom is -0.379 e. The van der Waals surface area contributed by atoms with Gasteiger partial charge in [0.1, 0.15) is 48.8 Å². The molecule has 0 aliphatic carbocycles. The lowest BCUT2D eigenvalue weighted by molar-refractivity contribution is -0.345. The number of hydrogen-bond acceptors (Lipinski definition) is 11. The molecular formula is C40H78O11. The maximum atomic E-state index is 11.3. The van der Waals surface area contributed by atoms with Crippen molar-refractivity contribution < 1.29 is 52.5 Å². The summed E-state index contributed by atoms with van der Waals surface area (Å²) in [7, 11) is 0. The van der Waals surface area contributed by atoms with Crippen LogP contribution in [-0.4, -0.2) is 126 Å². The van der Waals surface area contributed by atoms with Crippen LogP contribution in [0.15, 0.2) is 0 Å². The van der Waals surface area contributed by atoms with Gasteiger partial charge >= 0.3 is 0 Å². The van der Waals surface area contributed by atoms with Crippen molar-refractivity contribution in [3.63, 3.8) is 0 Å². The van der Waals surface area contributed by atoms with E-state index in [9.17, 15) is 5.11 Å². The molecule has 0 spiro atoms. The first-order chi connectivity index (χ1) is 25.0. The van der Waals surface area contributed by atoms with Gasteiger partial charge < -0.3 is 52.5 Å². The van der Waals surface area contributed by atoms with Crippen molar-refractivity contribution in [3.05, 3.63) is 0 Å². The van der Waals surface area contributed by atoms with Gasteiger partial charge in [0.05, 0.1) is 13.2 Å². The highest BCUT2D eigenvalue weighted by Gasteiger charge is 2.51. The normalized spacial score (nSPS) is 29.9. The standard InChI is InChI=1S/C40H78O11/c1-8-15-22-42-29-31-33(43-23-16-9-2)36(46-26-19-12-5)38(48-28-21-14-7)40(51-31)49-30-32-34(44-24-17-10-3)35(45-25-18-11-4)37(39(41)50-32)47-27-20-13-6/h31-41H,8-30H2,1-7H3/t31?,32?,33-,34-,35+,36?,37?,38?,39+,40+/m1/s1. The van der Waals surface area contributed by atoms with Crippen LogP contribution >= 0.6 is 0 Å². The quantitative estimate of drug-likeness (QED) is 0.0700. The number of unbranched alkanes of at least 4 members (excludes halogenated alkanes) is 7. The lowest BCUT2D eigenvalue weighted by Gasteiger charge is -2.47.